The van der Waals surface area contributed by atoms with Crippen molar-refractivity contribution >= 4 is 5.91 Å². The van der Waals surface area contributed by atoms with Crippen LogP contribution in [0.15, 0.2) is 18.2 Å². The van der Waals surface area contributed by atoms with Crippen LogP contribution in [0.25, 0.3) is 0 Å². The number of rotatable bonds is 5. The first-order chi connectivity index (χ1) is 9.19. The average Bonchev–Trinajstić information content (AvgIpc) is 2.31. The molecule has 1 unspecified atom stereocenters. The van der Waals surface area contributed by atoms with Gasteiger partial charge in [-0.3, -0.25) is 4.79 Å². The van der Waals surface area contributed by atoms with E-state index in [1.807, 2.05) is 20.8 Å². The summed E-state index contributed by atoms with van der Waals surface area (Å²) in [5.41, 5.74) is -0.151. The Morgan fingerprint density at radius 1 is 1.25 bits per heavy atom. The topological polar surface area (TPSA) is 41.1 Å². The Balaban J connectivity index is 2.51. The molecule has 2 N–H and O–H groups in total. The van der Waals surface area contributed by atoms with Crippen molar-refractivity contribution in [2.45, 2.75) is 45.7 Å². The molecule has 0 radical (unpaired) electrons. The smallest absolute Gasteiger partial charge is 0.234 e. The molecule has 0 aromatic heterocycles. The zero-order valence-corrected chi connectivity index (χ0v) is 12.4. The zero-order valence-electron chi connectivity index (χ0n) is 12.4. The molecule has 20 heavy (non-hydrogen) atoms. The van der Waals surface area contributed by atoms with Crippen LogP contribution >= 0.6 is 0 Å². The quantitative estimate of drug-likeness (QED) is 0.871. The van der Waals surface area contributed by atoms with Crippen LogP contribution in [0, 0.1) is 11.6 Å². The maximum absolute atomic E-state index is 13.5. The molecule has 0 aliphatic carbocycles. The number of carbonyl (C=O) groups excluding carboxylic acids is 1. The van der Waals surface area contributed by atoms with Crippen LogP contribution in [0.5, 0.6) is 0 Å². The van der Waals surface area contributed by atoms with Gasteiger partial charge in [-0.05, 0) is 46.2 Å². The van der Waals surface area contributed by atoms with E-state index in [9.17, 15) is 13.6 Å². The molecule has 0 spiro atoms. The number of benzene rings is 1. The Bertz CT molecular complexity index is 449. The van der Waals surface area contributed by atoms with E-state index in [0.29, 0.717) is 0 Å². The highest BCUT2D eigenvalue weighted by atomic mass is 19.1. The van der Waals surface area contributed by atoms with Crippen molar-refractivity contribution in [2.24, 2.45) is 0 Å². The van der Waals surface area contributed by atoms with Crippen LogP contribution in [0.4, 0.5) is 8.78 Å². The Morgan fingerprint density at radius 2 is 1.80 bits per heavy atom. The van der Waals surface area contributed by atoms with Crippen LogP contribution in [-0.2, 0) is 11.2 Å². The molecule has 0 aliphatic rings. The summed E-state index contributed by atoms with van der Waals surface area (Å²) in [5, 5.41) is 5.77. The first-order valence-electron chi connectivity index (χ1n) is 6.66. The second kappa shape index (κ2) is 6.79. The Kier molecular flexibility index (Phi) is 5.62. The van der Waals surface area contributed by atoms with E-state index >= 15 is 0 Å². The summed E-state index contributed by atoms with van der Waals surface area (Å²) < 4.78 is 27.0. The van der Waals surface area contributed by atoms with Crippen molar-refractivity contribution in [3.63, 3.8) is 0 Å². The lowest BCUT2D eigenvalue weighted by atomic mass is 10.1. The molecule has 0 fully saturated rings. The average molecular weight is 284 g/mol. The fraction of sp³-hybridized carbons (Fsp3) is 0.533. The van der Waals surface area contributed by atoms with E-state index in [1.165, 1.54) is 18.2 Å². The Morgan fingerprint density at radius 3 is 2.30 bits per heavy atom. The van der Waals surface area contributed by atoms with E-state index in [0.717, 1.165) is 0 Å². The molecule has 1 rings (SSSR count). The lowest BCUT2D eigenvalue weighted by molar-refractivity contribution is -0.121. The lowest BCUT2D eigenvalue weighted by Crippen LogP contribution is -2.45. The predicted octanol–water partition coefficient (Wildman–Crippen LogP) is 2.40. The van der Waals surface area contributed by atoms with Gasteiger partial charge < -0.3 is 10.6 Å². The van der Waals surface area contributed by atoms with Crippen molar-refractivity contribution < 1.29 is 13.6 Å². The minimum absolute atomic E-state index is 0.00378. The van der Waals surface area contributed by atoms with Gasteiger partial charge in [-0.25, -0.2) is 8.78 Å². The summed E-state index contributed by atoms with van der Waals surface area (Å²) >= 11 is 0. The normalized spacial score (nSPS) is 13.1. The third-order valence-electron chi connectivity index (χ3n) is 2.76. The largest absolute Gasteiger partial charge is 0.352 e. The summed E-state index contributed by atoms with van der Waals surface area (Å²) in [4.78, 5) is 11.7. The molecule has 3 nitrogen and oxygen atoms in total. The van der Waals surface area contributed by atoms with Gasteiger partial charge in [-0.1, -0.05) is 6.07 Å². The Labute approximate surface area is 118 Å². The summed E-state index contributed by atoms with van der Waals surface area (Å²) in [6.45, 7) is 7.77. The fourth-order valence-corrected chi connectivity index (χ4v) is 1.76. The number of amides is 1. The number of hydrogen-bond acceptors (Lipinski definition) is 2. The third kappa shape index (κ3) is 5.65. The van der Waals surface area contributed by atoms with Gasteiger partial charge in [0, 0.05) is 17.1 Å². The van der Waals surface area contributed by atoms with Gasteiger partial charge in [0.1, 0.15) is 11.6 Å². The van der Waals surface area contributed by atoms with Gasteiger partial charge in [0.25, 0.3) is 0 Å². The summed E-state index contributed by atoms with van der Waals surface area (Å²) in [6.07, 6.45) is 0.125. The van der Waals surface area contributed by atoms with Crippen LogP contribution in [0.2, 0.25) is 0 Å². The van der Waals surface area contributed by atoms with Crippen molar-refractivity contribution in [2.75, 3.05) is 6.54 Å². The summed E-state index contributed by atoms with van der Waals surface area (Å²) in [7, 11) is 0. The summed E-state index contributed by atoms with van der Waals surface area (Å²) in [6, 6.07) is 3.42. The van der Waals surface area contributed by atoms with Crippen LogP contribution in [0.1, 0.15) is 33.3 Å². The number of hydrogen-bond donors (Lipinski definition) is 2. The minimum atomic E-state index is -0.584. The van der Waals surface area contributed by atoms with Gasteiger partial charge in [0.2, 0.25) is 5.91 Å². The van der Waals surface area contributed by atoms with Crippen LogP contribution in [0.3, 0.4) is 0 Å². The standard InChI is InChI=1S/C15H22F2N2O/c1-10(19-14(20)9-18-15(2,3)4)8-11-12(16)6-5-7-13(11)17/h5-7,10,18H,8-9H2,1-4H3,(H,19,20). The molecule has 1 amide bonds. The van der Waals surface area contributed by atoms with Crippen LogP contribution in [-0.4, -0.2) is 24.0 Å². The fourth-order valence-electron chi connectivity index (χ4n) is 1.76. The van der Waals surface area contributed by atoms with Gasteiger partial charge in [0.05, 0.1) is 6.54 Å². The van der Waals surface area contributed by atoms with Gasteiger partial charge in [0.15, 0.2) is 0 Å². The molecule has 1 atom stereocenters. The molecule has 1 aromatic carbocycles. The summed E-state index contributed by atoms with van der Waals surface area (Å²) in [5.74, 6) is -1.36. The molecule has 5 heteroatoms. The molecular formula is C15H22F2N2O. The highest BCUT2D eigenvalue weighted by molar-refractivity contribution is 5.78. The monoisotopic (exact) mass is 284 g/mol. The van der Waals surface area contributed by atoms with E-state index in [4.69, 9.17) is 0 Å². The zero-order chi connectivity index (χ0) is 15.3. The highest BCUT2D eigenvalue weighted by Crippen LogP contribution is 2.14. The molecule has 0 heterocycles. The molecule has 0 saturated heterocycles. The molecule has 0 saturated carbocycles. The second-order valence-electron chi connectivity index (χ2n) is 5.98. The van der Waals surface area contributed by atoms with Gasteiger partial charge in [-0.2, -0.15) is 0 Å². The first kappa shape index (κ1) is 16.6. The highest BCUT2D eigenvalue weighted by Gasteiger charge is 2.16. The number of halogens is 2. The minimum Gasteiger partial charge on any atom is -0.352 e. The van der Waals surface area contributed by atoms with Crippen molar-refractivity contribution in [3.8, 4) is 0 Å². The van der Waals surface area contributed by atoms with E-state index in [2.05, 4.69) is 10.6 Å². The van der Waals surface area contributed by atoms with Gasteiger partial charge in [-0.15, -0.1) is 0 Å². The van der Waals surface area contributed by atoms with E-state index in [1.54, 1.807) is 6.92 Å². The van der Waals surface area contributed by atoms with Crippen molar-refractivity contribution in [1.29, 1.82) is 0 Å². The SMILES string of the molecule is CC(Cc1c(F)cccc1F)NC(=O)CNC(C)(C)C. The second-order valence-corrected chi connectivity index (χ2v) is 5.98. The molecule has 1 aromatic rings. The molecule has 0 aliphatic heterocycles. The maximum Gasteiger partial charge on any atom is 0.234 e. The molecule has 112 valence electrons. The molecule has 0 bridgehead atoms. The van der Waals surface area contributed by atoms with E-state index in [-0.39, 0.29) is 36.0 Å². The Hall–Kier alpha value is -1.49. The lowest BCUT2D eigenvalue weighted by Gasteiger charge is -2.21. The van der Waals surface area contributed by atoms with Gasteiger partial charge >= 0.3 is 0 Å². The van der Waals surface area contributed by atoms with Crippen molar-refractivity contribution in [1.82, 2.24) is 10.6 Å². The first-order valence-corrected chi connectivity index (χ1v) is 6.66. The van der Waals surface area contributed by atoms with Crippen molar-refractivity contribution in [3.05, 3.63) is 35.4 Å². The maximum atomic E-state index is 13.5. The third-order valence-corrected chi connectivity index (χ3v) is 2.76. The van der Waals surface area contributed by atoms with E-state index < -0.39 is 11.6 Å². The van der Waals surface area contributed by atoms with Crippen LogP contribution < -0.4 is 10.6 Å². The number of carbonyl (C=O) groups is 1. The number of nitrogens with one attached hydrogen (secondary N) is 2. The predicted molar refractivity (Wildman–Crippen MR) is 75.4 cm³/mol. The molecular weight excluding hydrogens is 262 g/mol.